The number of amides is 2. The molecular weight excluding hydrogens is 421 g/mol. The first kappa shape index (κ1) is 20.7. The Morgan fingerprint density at radius 3 is 2.80 bits per heavy atom. The number of carbonyl (C=O) groups excluding carboxylic acids is 2. The molecule has 0 aliphatic carbocycles. The highest BCUT2D eigenvalue weighted by molar-refractivity contribution is 8.26. The monoisotopic (exact) mass is 441 g/mol. The predicted molar refractivity (Wildman–Crippen MR) is 119 cm³/mol. The van der Waals surface area contributed by atoms with E-state index in [0.29, 0.717) is 21.3 Å². The number of piperidine rings is 1. The third-order valence-electron chi connectivity index (χ3n) is 5.23. The predicted octanol–water partition coefficient (Wildman–Crippen LogP) is 4.18. The van der Waals surface area contributed by atoms with Gasteiger partial charge in [0.25, 0.3) is 5.91 Å². The van der Waals surface area contributed by atoms with Crippen molar-refractivity contribution in [1.82, 2.24) is 14.8 Å². The number of rotatable bonds is 4. The summed E-state index contributed by atoms with van der Waals surface area (Å²) < 4.78 is 13.5. The first-order valence-corrected chi connectivity index (χ1v) is 11.0. The molecule has 8 heteroatoms. The summed E-state index contributed by atoms with van der Waals surface area (Å²) in [4.78, 5) is 33.8. The van der Waals surface area contributed by atoms with Crippen LogP contribution in [0.15, 0.2) is 53.7 Å². The number of hydrogen-bond donors (Lipinski definition) is 0. The van der Waals surface area contributed by atoms with Gasteiger partial charge in [0.05, 0.1) is 10.9 Å². The first-order chi connectivity index (χ1) is 14.5. The number of nitrogens with zero attached hydrogens (tertiary/aromatic N) is 3. The summed E-state index contributed by atoms with van der Waals surface area (Å²) in [5.74, 6) is -0.754. The van der Waals surface area contributed by atoms with Crippen LogP contribution in [0.1, 0.15) is 36.4 Å². The van der Waals surface area contributed by atoms with Gasteiger partial charge in [0.2, 0.25) is 5.91 Å². The fraction of sp³-hybridized carbons (Fsp3) is 0.273. The Labute approximate surface area is 184 Å². The second-order valence-corrected chi connectivity index (χ2v) is 8.88. The van der Waals surface area contributed by atoms with E-state index in [2.05, 4.69) is 4.98 Å². The standard InChI is InChI=1S/C22H20FN3O2S2/c23-17-8-6-15(7-9-17)12-19-21(28)26(22(29)30-19)14-20(27)25-11-2-1-5-18(25)16-4-3-10-24-13-16/h3-4,6-10,12-13,18H,1-2,5,11,14H2/b19-12+/t18-/m0/s1. The molecule has 1 atom stereocenters. The molecule has 2 fully saturated rings. The Balaban J connectivity index is 1.49. The van der Waals surface area contributed by atoms with Crippen molar-refractivity contribution in [2.24, 2.45) is 0 Å². The highest BCUT2D eigenvalue weighted by atomic mass is 32.2. The fourth-order valence-corrected chi connectivity index (χ4v) is 4.98. The van der Waals surface area contributed by atoms with E-state index in [0.717, 1.165) is 36.6 Å². The molecule has 0 radical (unpaired) electrons. The van der Waals surface area contributed by atoms with E-state index in [9.17, 15) is 14.0 Å². The zero-order valence-corrected chi connectivity index (χ0v) is 17.8. The smallest absolute Gasteiger partial charge is 0.266 e. The summed E-state index contributed by atoms with van der Waals surface area (Å²) >= 11 is 6.52. The molecule has 0 saturated carbocycles. The summed E-state index contributed by atoms with van der Waals surface area (Å²) in [6.45, 7) is 0.570. The van der Waals surface area contributed by atoms with E-state index < -0.39 is 0 Å². The van der Waals surface area contributed by atoms with Crippen molar-refractivity contribution in [3.63, 3.8) is 0 Å². The van der Waals surface area contributed by atoms with Gasteiger partial charge in [-0.1, -0.05) is 42.2 Å². The molecule has 0 N–H and O–H groups in total. The second-order valence-electron chi connectivity index (χ2n) is 7.20. The van der Waals surface area contributed by atoms with Gasteiger partial charge in [0.1, 0.15) is 16.7 Å². The molecule has 2 amide bonds. The van der Waals surface area contributed by atoms with Gasteiger partial charge in [-0.15, -0.1) is 0 Å². The van der Waals surface area contributed by atoms with Crippen molar-refractivity contribution in [2.75, 3.05) is 13.1 Å². The van der Waals surface area contributed by atoms with Gasteiger partial charge >= 0.3 is 0 Å². The normalized spacial score (nSPS) is 20.8. The van der Waals surface area contributed by atoms with E-state index in [1.807, 2.05) is 17.0 Å². The van der Waals surface area contributed by atoms with Crippen LogP contribution in [0.2, 0.25) is 0 Å². The van der Waals surface area contributed by atoms with E-state index in [1.165, 1.54) is 17.0 Å². The summed E-state index contributed by atoms with van der Waals surface area (Å²) in [6.07, 6.45) is 8.03. The van der Waals surface area contributed by atoms with Crippen LogP contribution >= 0.6 is 24.0 Å². The van der Waals surface area contributed by atoms with Crippen LogP contribution in [0.3, 0.4) is 0 Å². The molecule has 0 bridgehead atoms. The molecule has 4 rings (SSSR count). The minimum atomic E-state index is -0.338. The molecule has 154 valence electrons. The number of halogens is 1. The number of thioether (sulfide) groups is 1. The van der Waals surface area contributed by atoms with E-state index in [-0.39, 0.29) is 30.2 Å². The van der Waals surface area contributed by atoms with Gasteiger partial charge in [-0.05, 0) is 54.7 Å². The SMILES string of the molecule is O=C1/C(=C\c2ccc(F)cc2)SC(=S)N1CC(=O)N1CCCC[C@H]1c1cccnc1. The van der Waals surface area contributed by atoms with Crippen LogP contribution in [-0.2, 0) is 9.59 Å². The first-order valence-electron chi connectivity index (χ1n) is 9.73. The summed E-state index contributed by atoms with van der Waals surface area (Å²) in [5, 5.41) is 0. The third-order valence-corrected chi connectivity index (χ3v) is 6.60. The summed E-state index contributed by atoms with van der Waals surface area (Å²) in [6, 6.07) is 9.69. The quantitative estimate of drug-likeness (QED) is 0.526. The van der Waals surface area contributed by atoms with Crippen molar-refractivity contribution in [1.29, 1.82) is 0 Å². The van der Waals surface area contributed by atoms with Gasteiger partial charge in [-0.25, -0.2) is 4.39 Å². The van der Waals surface area contributed by atoms with Gasteiger partial charge in [-0.2, -0.15) is 0 Å². The van der Waals surface area contributed by atoms with Crippen LogP contribution in [0.4, 0.5) is 4.39 Å². The zero-order valence-electron chi connectivity index (χ0n) is 16.2. The number of likely N-dealkylation sites (tertiary alicyclic amines) is 1. The number of hydrogen-bond acceptors (Lipinski definition) is 5. The minimum Gasteiger partial charge on any atom is -0.334 e. The number of aromatic nitrogens is 1. The average Bonchev–Trinajstić information content (AvgIpc) is 3.03. The molecule has 2 aliphatic rings. The Bertz CT molecular complexity index is 995. The maximum atomic E-state index is 13.1. The van der Waals surface area contributed by atoms with Crippen LogP contribution in [0.25, 0.3) is 6.08 Å². The Morgan fingerprint density at radius 2 is 2.07 bits per heavy atom. The average molecular weight is 442 g/mol. The second kappa shape index (κ2) is 9.06. The lowest BCUT2D eigenvalue weighted by molar-refractivity contribution is -0.138. The van der Waals surface area contributed by atoms with Crippen LogP contribution in [0.5, 0.6) is 0 Å². The molecule has 3 heterocycles. The molecule has 0 spiro atoms. The molecule has 0 unspecified atom stereocenters. The Hall–Kier alpha value is -2.58. The number of thiocarbonyl (C=S) groups is 1. The maximum Gasteiger partial charge on any atom is 0.266 e. The number of pyridine rings is 1. The van der Waals surface area contributed by atoms with Crippen LogP contribution in [-0.4, -0.2) is 44.0 Å². The van der Waals surface area contributed by atoms with E-state index in [4.69, 9.17) is 12.2 Å². The lowest BCUT2D eigenvalue weighted by Gasteiger charge is -2.36. The highest BCUT2D eigenvalue weighted by Crippen LogP contribution is 2.34. The number of carbonyl (C=O) groups is 2. The van der Waals surface area contributed by atoms with Gasteiger partial charge in [-0.3, -0.25) is 19.5 Å². The third kappa shape index (κ3) is 4.44. The maximum absolute atomic E-state index is 13.1. The topological polar surface area (TPSA) is 53.5 Å². The minimum absolute atomic E-state index is 0.0342. The highest BCUT2D eigenvalue weighted by Gasteiger charge is 2.36. The van der Waals surface area contributed by atoms with Crippen molar-refractivity contribution in [3.05, 3.63) is 70.6 Å². The molecule has 2 aromatic rings. The van der Waals surface area contributed by atoms with Crippen molar-refractivity contribution in [2.45, 2.75) is 25.3 Å². The lowest BCUT2D eigenvalue weighted by atomic mass is 9.96. The zero-order chi connectivity index (χ0) is 21.1. The van der Waals surface area contributed by atoms with Gasteiger partial charge in [0, 0.05) is 18.9 Å². The van der Waals surface area contributed by atoms with Crippen molar-refractivity contribution < 1.29 is 14.0 Å². The molecular formula is C22H20FN3O2S2. The molecule has 1 aromatic carbocycles. The largest absolute Gasteiger partial charge is 0.334 e. The Morgan fingerprint density at radius 1 is 1.27 bits per heavy atom. The lowest BCUT2D eigenvalue weighted by Crippen LogP contribution is -2.45. The fourth-order valence-electron chi connectivity index (χ4n) is 3.72. The summed E-state index contributed by atoms with van der Waals surface area (Å²) in [7, 11) is 0. The van der Waals surface area contributed by atoms with Crippen molar-refractivity contribution in [3.8, 4) is 0 Å². The van der Waals surface area contributed by atoms with Crippen molar-refractivity contribution >= 4 is 46.2 Å². The van der Waals surface area contributed by atoms with E-state index >= 15 is 0 Å². The molecule has 30 heavy (non-hydrogen) atoms. The Kier molecular flexibility index (Phi) is 6.24. The molecule has 2 aliphatic heterocycles. The summed E-state index contributed by atoms with van der Waals surface area (Å²) in [5.41, 5.74) is 1.71. The van der Waals surface area contributed by atoms with Crippen LogP contribution < -0.4 is 0 Å². The van der Waals surface area contributed by atoms with E-state index in [1.54, 1.807) is 30.6 Å². The molecule has 2 saturated heterocycles. The molecule has 1 aromatic heterocycles. The van der Waals surface area contributed by atoms with Gasteiger partial charge < -0.3 is 4.90 Å². The van der Waals surface area contributed by atoms with Crippen LogP contribution in [0, 0.1) is 5.82 Å². The molecule has 5 nitrogen and oxygen atoms in total. The van der Waals surface area contributed by atoms with Gasteiger partial charge in [0.15, 0.2) is 0 Å². The number of benzene rings is 1.